The number of rotatable bonds is 30. The molecule has 0 unspecified atom stereocenters. The molecule has 1 saturated carbocycles. The topological polar surface area (TPSA) is 456 Å². The number of pyridine rings is 1. The highest BCUT2D eigenvalue weighted by molar-refractivity contribution is 6.39. The molecule has 13 rings (SSSR count). The van der Waals surface area contributed by atoms with Gasteiger partial charge in [0.2, 0.25) is 23.6 Å². The van der Waals surface area contributed by atoms with Crippen molar-refractivity contribution in [3.05, 3.63) is 149 Å². The molecule has 7 aromatic rings. The molecule has 11 heterocycles. The third-order valence-corrected chi connectivity index (χ3v) is 26.9. The molecule has 136 heavy (non-hydrogen) atoms. The Bertz CT molecular complexity index is 5350. The van der Waals surface area contributed by atoms with E-state index in [9.17, 15) is 48.6 Å². The first kappa shape index (κ1) is 102. The van der Waals surface area contributed by atoms with E-state index in [1.54, 1.807) is 66.6 Å². The number of nitrogens with two attached hydrogens (primary N) is 1. The number of carbonyl (C=O) groups excluding carboxylic acids is 8. The number of esters is 1. The molecule has 4 fully saturated rings. The average Bonchev–Trinajstić information content (AvgIpc) is 1.73. The van der Waals surface area contributed by atoms with Gasteiger partial charge in [-0.05, 0) is 142 Å². The summed E-state index contributed by atoms with van der Waals surface area (Å²) in [4.78, 5) is 154. The summed E-state index contributed by atoms with van der Waals surface area (Å²) in [5.74, 6) is -7.74. The minimum Gasteiger partial charge on any atom is -0.460 e. The predicted octanol–water partition coefficient (Wildman–Crippen LogP) is 9.11. The number of aromatic nitrogens is 10. The normalized spacial score (nSPS) is 26.6. The highest BCUT2D eigenvalue weighted by atomic mass is 16.6. The molecule has 37 heteroatoms. The van der Waals surface area contributed by atoms with Crippen LogP contribution in [0.2, 0.25) is 0 Å². The minimum atomic E-state index is -2.49. The molecule has 7 N–H and O–H groups in total. The summed E-state index contributed by atoms with van der Waals surface area (Å²) < 4.78 is 60.7. The van der Waals surface area contributed by atoms with Crippen molar-refractivity contribution >= 4 is 86.9 Å². The van der Waals surface area contributed by atoms with Gasteiger partial charge in [0.15, 0.2) is 11.4 Å². The summed E-state index contributed by atoms with van der Waals surface area (Å²) in [6.45, 7) is 19.5. The second-order valence-electron chi connectivity index (χ2n) is 36.7. The lowest BCUT2D eigenvalue weighted by Crippen LogP contribution is -2.61. The first-order valence-electron chi connectivity index (χ1n) is 47.6. The summed E-state index contributed by atoms with van der Waals surface area (Å²) >= 11 is 0. The van der Waals surface area contributed by atoms with Crippen LogP contribution in [0.25, 0.3) is 33.3 Å². The molecule has 5 aliphatic heterocycles. The Kier molecular flexibility index (Phi) is 36.9. The smallest absolute Gasteiger partial charge is 0.407 e. The van der Waals surface area contributed by atoms with Gasteiger partial charge in [0, 0.05) is 165 Å². The largest absolute Gasteiger partial charge is 0.460 e. The van der Waals surface area contributed by atoms with E-state index < -0.39 is 102 Å². The van der Waals surface area contributed by atoms with Crippen molar-refractivity contribution in [2.45, 2.75) is 213 Å². The second kappa shape index (κ2) is 49.2. The lowest BCUT2D eigenvalue weighted by molar-refractivity contribution is -0.265. The van der Waals surface area contributed by atoms with E-state index in [4.69, 9.17) is 58.2 Å². The van der Waals surface area contributed by atoms with E-state index in [-0.39, 0.29) is 93.7 Å². The number of benzene rings is 1. The molecule has 3 saturated heterocycles. The number of aromatic amines is 1. The van der Waals surface area contributed by atoms with E-state index in [0.717, 1.165) is 39.7 Å². The van der Waals surface area contributed by atoms with Crippen LogP contribution in [-0.2, 0) is 102 Å². The molecule has 2 bridgehead atoms. The van der Waals surface area contributed by atoms with Crippen molar-refractivity contribution in [2.75, 3.05) is 136 Å². The Labute approximate surface area is 793 Å². The number of alkyl carbamates (subject to hydrolysis) is 1. The van der Waals surface area contributed by atoms with Crippen LogP contribution < -0.4 is 26.2 Å². The van der Waals surface area contributed by atoms with Crippen LogP contribution in [0.3, 0.4) is 0 Å². The van der Waals surface area contributed by atoms with Crippen molar-refractivity contribution in [1.82, 2.24) is 70.1 Å². The molecule has 6 aromatic heterocycles. The average molecular weight is 1880 g/mol. The van der Waals surface area contributed by atoms with Crippen molar-refractivity contribution in [1.29, 1.82) is 0 Å². The fourth-order valence-corrected chi connectivity index (χ4v) is 18.8. The highest BCUT2D eigenvalue weighted by Gasteiger charge is 2.53. The van der Waals surface area contributed by atoms with Crippen LogP contribution in [-0.4, -0.2) is 291 Å². The molecular formula is C99H133N17O20. The van der Waals surface area contributed by atoms with E-state index in [1.165, 1.54) is 36.3 Å². The van der Waals surface area contributed by atoms with Gasteiger partial charge in [-0.25, -0.2) is 49.2 Å². The summed E-state index contributed by atoms with van der Waals surface area (Å²) in [5, 5.41) is 36.1. The van der Waals surface area contributed by atoms with Gasteiger partial charge in [0.25, 0.3) is 17.6 Å². The molecule has 1 aromatic carbocycles. The maximum atomic E-state index is 14.8. The number of methoxy groups -OCH3 is 3. The minimum absolute atomic E-state index is 0.0259. The molecule has 6 aliphatic rings. The molecule has 0 spiro atoms. The number of nitrogens with zero attached hydrogens (tertiary/aromatic N) is 13. The summed E-state index contributed by atoms with van der Waals surface area (Å²) in [6, 6.07) is 9.09. The Morgan fingerprint density at radius 1 is 0.706 bits per heavy atom. The number of nitrogen functional groups attached to an aromatic ring is 1. The van der Waals surface area contributed by atoms with Crippen molar-refractivity contribution in [3.63, 3.8) is 0 Å². The van der Waals surface area contributed by atoms with Crippen LogP contribution >= 0.6 is 0 Å². The van der Waals surface area contributed by atoms with Gasteiger partial charge in [0.05, 0.1) is 95.1 Å². The van der Waals surface area contributed by atoms with Gasteiger partial charge in [-0.2, -0.15) is 5.10 Å². The monoisotopic (exact) mass is 1880 g/mol. The number of ketones is 3. The Morgan fingerprint density at radius 3 is 2.13 bits per heavy atom. The van der Waals surface area contributed by atoms with Crippen LogP contribution in [0.1, 0.15) is 165 Å². The molecular weight excluding hydrogens is 1750 g/mol. The quantitative estimate of drug-likeness (QED) is 0.0106. The molecule has 734 valence electrons. The Balaban J connectivity index is 0.494. The number of allylic oxidation sites excluding steroid dienone is 6. The van der Waals surface area contributed by atoms with Crippen molar-refractivity contribution < 1.29 is 95.9 Å². The number of piperidine rings is 1. The lowest BCUT2D eigenvalue weighted by Gasteiger charge is -2.42. The summed E-state index contributed by atoms with van der Waals surface area (Å²) in [7, 11) is 4.48. The number of aliphatic hydroxyl groups excluding tert-OH is 1. The first-order chi connectivity index (χ1) is 65.7. The molecule has 0 radical (unpaired) electrons. The van der Waals surface area contributed by atoms with Gasteiger partial charge in [-0.15, -0.1) is 0 Å². The van der Waals surface area contributed by atoms with E-state index in [2.05, 4.69) is 68.7 Å². The second-order valence-corrected chi connectivity index (χ2v) is 36.7. The maximum absolute atomic E-state index is 14.8. The van der Waals surface area contributed by atoms with E-state index in [1.807, 2.05) is 88.9 Å². The van der Waals surface area contributed by atoms with Crippen LogP contribution in [0.5, 0.6) is 0 Å². The third kappa shape index (κ3) is 26.8. The number of ether oxygens (including phenoxy) is 10. The van der Waals surface area contributed by atoms with Gasteiger partial charge in [-0.3, -0.25) is 28.8 Å². The fourth-order valence-electron chi connectivity index (χ4n) is 18.8. The predicted molar refractivity (Wildman–Crippen MR) is 504 cm³/mol. The number of amides is 4. The maximum Gasteiger partial charge on any atom is 0.407 e. The Hall–Kier alpha value is -11.3. The SMILES string of the molecule is CO[C@H]1C[C@@H]2CC[C@@H](C)[C@@](O)(O2)C(=O)C(=O)N2CCCC[C@H]2C(=O)O[C@H]([C@H](C)C[C@@H]2CC[C@@H](OC(=O)NCc3cnc(N4CCN(c5ncc(C(=O)NCCOCCOCCOCCOCCC(=O)N6CCc7cc(Cn8nc(-c9cnc%10[nH]ccc%10c9)c9c(N)ncnc98)ccc7C6)cn5)CC4)nc3)[C@H](OC)C2)CC(=O)[C@H](C)/C=C(\C)[C@@H](O)[C@@H](OC)C(=O)[C@H](C)C[C@H](C)/C=C/C=C/C=C/1C. The Morgan fingerprint density at radius 2 is 1.42 bits per heavy atom. The third-order valence-electron chi connectivity index (χ3n) is 26.9. The zero-order valence-corrected chi connectivity index (χ0v) is 79.7. The number of fused-ring (bicyclic) bond motifs is 6. The molecule has 1 aliphatic carbocycles. The number of anilines is 3. The van der Waals surface area contributed by atoms with E-state index in [0.29, 0.717) is 194 Å². The molecule has 4 amide bonds. The van der Waals surface area contributed by atoms with Gasteiger partial charge in [0.1, 0.15) is 59.7 Å². The number of carbonyl (C=O) groups is 8. The van der Waals surface area contributed by atoms with E-state index >= 15 is 0 Å². The zero-order chi connectivity index (χ0) is 96.5. The molecule has 37 nitrogen and oxygen atoms in total. The first-order valence-corrected chi connectivity index (χ1v) is 47.6. The van der Waals surface area contributed by atoms with Crippen LogP contribution in [0, 0.1) is 35.5 Å². The number of cyclic esters (lactones) is 1. The van der Waals surface area contributed by atoms with Crippen LogP contribution in [0.15, 0.2) is 121 Å². The number of nitrogens with one attached hydrogen (secondary N) is 3. The van der Waals surface area contributed by atoms with Gasteiger partial charge in [-0.1, -0.05) is 89.3 Å². The molecule has 15 atom stereocenters. The number of hydrogen-bond donors (Lipinski definition) is 6. The van der Waals surface area contributed by atoms with Gasteiger partial charge >= 0.3 is 12.1 Å². The zero-order valence-electron chi connectivity index (χ0n) is 79.7. The number of piperazine rings is 1. The van der Waals surface area contributed by atoms with Crippen molar-refractivity contribution in [3.8, 4) is 11.3 Å². The fraction of sp³-hybridized carbons (Fsp3) is 0.576. The van der Waals surface area contributed by atoms with Crippen LogP contribution in [0.4, 0.5) is 22.5 Å². The number of H-pyrrole nitrogens is 1. The lowest BCUT2D eigenvalue weighted by atomic mass is 9.78. The number of aliphatic hydroxyl groups is 2. The number of Topliss-reactive ketones (excluding diaryl/α,β-unsaturated/α-hetero) is 3. The van der Waals surface area contributed by atoms with Gasteiger partial charge < -0.3 is 98.5 Å². The number of hydrogen-bond acceptors (Lipinski definition) is 31. The van der Waals surface area contributed by atoms with Crippen molar-refractivity contribution in [2.24, 2.45) is 35.5 Å². The highest BCUT2D eigenvalue weighted by Crippen LogP contribution is 2.40. The summed E-state index contributed by atoms with van der Waals surface area (Å²) in [5.41, 5.74) is 14.8. The standard InChI is InChI=1S/C99H133N17O20/c1-61-16-12-11-13-17-62(2)80(127-8)50-76-23-19-67(7)99(126,136-76)89(121)94(123)115-30-15-14-18-77(115)95(124)134-81(51-78(117)63(3)45-66(6)87(120)88(129-10)86(119)65(5)44-61)64(4)46-68-21-24-79(82(48-68)128-9)135-98(125)108-54-70-52-104-96(105-53-70)112-32-34-113(35-33-112)97-106-56-75(57-107-97)93(122)102-29-37-131-39-41-133-43-42-132-40-38-130-36-27-83(118)114-31-26-71-47-69(20-22-73(71)59-114)58-116-92-84(90(100)109-60-110-92)85(111-116)74-49-72-25-28-101-91(72)103-55-74/h11-13,16-17,20,22,25,28,45,47,49,52-53,55-57,60-61,63-65,67-68,76-77,79-82,87-88,120,126H,14-15,18-19,21,23-24,26-27,29-44,46,48,50-51,54,58-59H2,1-10H3,(H,101,103)(H,102,122)(H,108,125)(H2,100,109,110)/b13-11+,16-12+,62-17+,66-45+/t61-,63-,64-,65-,67-,68+,76+,77+,79-,80+,81+,82-,87-,88+,99-/m1/s1. The summed E-state index contributed by atoms with van der Waals surface area (Å²) in [6.07, 6.45) is 21.4.